The van der Waals surface area contributed by atoms with Crippen molar-refractivity contribution < 1.29 is 19.2 Å². The van der Waals surface area contributed by atoms with Crippen LogP contribution in [0.1, 0.15) is 37.5 Å². The Morgan fingerprint density at radius 2 is 2.20 bits per heavy atom. The number of nitrogens with zero attached hydrogens (tertiary/aromatic N) is 3. The van der Waals surface area contributed by atoms with E-state index in [4.69, 9.17) is 9.26 Å². The predicted octanol–water partition coefficient (Wildman–Crippen LogP) is 2.12. The van der Waals surface area contributed by atoms with Gasteiger partial charge in [-0.05, 0) is 25.5 Å². The van der Waals surface area contributed by atoms with Gasteiger partial charge < -0.3 is 19.3 Å². The zero-order valence-electron chi connectivity index (χ0n) is 14.5. The van der Waals surface area contributed by atoms with E-state index in [1.165, 1.54) is 0 Å². The van der Waals surface area contributed by atoms with E-state index >= 15 is 0 Å². The first kappa shape index (κ1) is 17.4. The van der Waals surface area contributed by atoms with Crippen LogP contribution in [0, 0.1) is 12.8 Å². The normalized spacial score (nSPS) is 21.3. The summed E-state index contributed by atoms with van der Waals surface area (Å²) in [6, 6.07) is 9.16. The number of hydrogen-bond donors (Lipinski definition) is 1. The molecule has 1 saturated heterocycles. The highest BCUT2D eigenvalue weighted by Gasteiger charge is 2.39. The molecule has 7 heteroatoms. The number of aromatic nitrogens is 2. The minimum absolute atomic E-state index is 0.0333. The third-order valence-corrected chi connectivity index (χ3v) is 4.37. The Balaban J connectivity index is 1.58. The third-order valence-electron chi connectivity index (χ3n) is 4.37. The number of aryl methyl sites for hydroxylation is 1. The summed E-state index contributed by atoms with van der Waals surface area (Å²) in [6.45, 7) is 4.35. The number of hydrogen-bond acceptors (Lipinski definition) is 6. The number of aliphatic hydroxyl groups is 1. The molecule has 2 aromatic rings. The maximum Gasteiger partial charge on any atom is 0.249 e. The van der Waals surface area contributed by atoms with Crippen molar-refractivity contribution in [1.82, 2.24) is 15.0 Å². The van der Waals surface area contributed by atoms with Gasteiger partial charge in [0.1, 0.15) is 11.8 Å². The van der Waals surface area contributed by atoms with E-state index in [0.717, 1.165) is 5.75 Å². The molecular formula is C18H23N3O4. The zero-order valence-corrected chi connectivity index (χ0v) is 14.5. The van der Waals surface area contributed by atoms with Crippen LogP contribution in [-0.4, -0.2) is 45.3 Å². The van der Waals surface area contributed by atoms with Gasteiger partial charge in [0.05, 0.1) is 12.7 Å². The van der Waals surface area contributed by atoms with Crippen LogP contribution >= 0.6 is 0 Å². The van der Waals surface area contributed by atoms with E-state index in [9.17, 15) is 9.90 Å². The van der Waals surface area contributed by atoms with Gasteiger partial charge >= 0.3 is 0 Å². The number of likely N-dealkylation sites (tertiary alicyclic amines) is 1. The Morgan fingerprint density at radius 1 is 1.44 bits per heavy atom. The van der Waals surface area contributed by atoms with E-state index in [0.29, 0.717) is 31.2 Å². The smallest absolute Gasteiger partial charge is 0.249 e. The summed E-state index contributed by atoms with van der Waals surface area (Å²) in [5.74, 6) is 1.44. The summed E-state index contributed by atoms with van der Waals surface area (Å²) in [5.41, 5.74) is 0. The number of rotatable bonds is 6. The van der Waals surface area contributed by atoms with Crippen molar-refractivity contribution in [2.24, 2.45) is 5.92 Å². The van der Waals surface area contributed by atoms with Crippen molar-refractivity contribution >= 4 is 5.91 Å². The summed E-state index contributed by atoms with van der Waals surface area (Å²) in [5, 5.41) is 13.8. The van der Waals surface area contributed by atoms with Crippen LogP contribution in [0.25, 0.3) is 0 Å². The first-order chi connectivity index (χ1) is 12.0. The summed E-state index contributed by atoms with van der Waals surface area (Å²) >= 11 is 0. The molecule has 7 nitrogen and oxygen atoms in total. The van der Waals surface area contributed by atoms with Gasteiger partial charge in [0, 0.05) is 18.9 Å². The van der Waals surface area contributed by atoms with Crippen LogP contribution in [0.5, 0.6) is 5.75 Å². The highest BCUT2D eigenvalue weighted by molar-refractivity contribution is 5.79. The molecule has 2 heterocycles. The largest absolute Gasteiger partial charge is 0.494 e. The summed E-state index contributed by atoms with van der Waals surface area (Å²) in [6.07, 6.45) is 0.435. The van der Waals surface area contributed by atoms with E-state index in [-0.39, 0.29) is 24.4 Å². The van der Waals surface area contributed by atoms with Gasteiger partial charge in [-0.25, -0.2) is 0 Å². The molecule has 0 saturated carbocycles. The van der Waals surface area contributed by atoms with Crippen molar-refractivity contribution in [2.75, 3.05) is 13.2 Å². The Morgan fingerprint density at radius 3 is 2.88 bits per heavy atom. The van der Waals surface area contributed by atoms with E-state index in [2.05, 4.69) is 10.1 Å². The minimum atomic E-state index is -0.575. The molecule has 1 aromatic heterocycles. The lowest BCUT2D eigenvalue weighted by Gasteiger charge is -2.25. The number of aliphatic hydroxyl groups excluding tert-OH is 1. The lowest BCUT2D eigenvalue weighted by Crippen LogP contribution is -2.36. The number of ether oxygens (including phenoxy) is 1. The standard InChI is InChI=1S/C18H23N3O4/c1-12(8-9-24-15-6-4-3-5-7-15)18(23)21-11-14(22)10-16(21)17-19-13(2)20-25-17/h3-7,12,14,16,22H,8-11H2,1-2H3/t12?,14-,16-/m1/s1. The maximum atomic E-state index is 12.8. The van der Waals surface area contributed by atoms with Crippen LogP contribution in [0.3, 0.4) is 0 Å². The molecule has 134 valence electrons. The molecular weight excluding hydrogens is 322 g/mol. The van der Waals surface area contributed by atoms with Crippen molar-refractivity contribution in [1.29, 1.82) is 0 Å². The zero-order chi connectivity index (χ0) is 17.8. The topological polar surface area (TPSA) is 88.7 Å². The van der Waals surface area contributed by atoms with Crippen LogP contribution in [0.2, 0.25) is 0 Å². The van der Waals surface area contributed by atoms with Crippen LogP contribution < -0.4 is 4.74 Å². The Hall–Kier alpha value is -2.41. The second-order valence-electron chi connectivity index (χ2n) is 6.43. The first-order valence-electron chi connectivity index (χ1n) is 8.51. The minimum Gasteiger partial charge on any atom is -0.494 e. The molecule has 3 atom stereocenters. The van der Waals surface area contributed by atoms with Crippen LogP contribution in [0.15, 0.2) is 34.9 Å². The quantitative estimate of drug-likeness (QED) is 0.863. The third kappa shape index (κ3) is 4.17. The van der Waals surface area contributed by atoms with Crippen molar-refractivity contribution in [3.05, 3.63) is 42.0 Å². The van der Waals surface area contributed by atoms with Crippen molar-refractivity contribution in [3.8, 4) is 5.75 Å². The molecule has 25 heavy (non-hydrogen) atoms. The number of para-hydroxylation sites is 1. The maximum absolute atomic E-state index is 12.8. The molecule has 1 amide bonds. The summed E-state index contributed by atoms with van der Waals surface area (Å²) in [7, 11) is 0. The summed E-state index contributed by atoms with van der Waals surface area (Å²) in [4.78, 5) is 18.7. The van der Waals surface area contributed by atoms with E-state index in [1.54, 1.807) is 11.8 Å². The molecule has 0 bridgehead atoms. The average Bonchev–Trinajstić information content (AvgIpc) is 3.20. The van der Waals surface area contributed by atoms with Crippen molar-refractivity contribution in [3.63, 3.8) is 0 Å². The second-order valence-corrected chi connectivity index (χ2v) is 6.43. The number of amides is 1. The van der Waals surface area contributed by atoms with Gasteiger partial charge in [0.25, 0.3) is 0 Å². The average molecular weight is 345 g/mol. The van der Waals surface area contributed by atoms with Gasteiger partial charge in [0.15, 0.2) is 5.82 Å². The highest BCUT2D eigenvalue weighted by Crippen LogP contribution is 2.32. The fraction of sp³-hybridized carbons (Fsp3) is 0.500. The second kappa shape index (κ2) is 7.65. The monoisotopic (exact) mass is 345 g/mol. The van der Waals surface area contributed by atoms with Gasteiger partial charge in [-0.15, -0.1) is 0 Å². The Kier molecular flexibility index (Phi) is 5.33. The molecule has 1 unspecified atom stereocenters. The van der Waals surface area contributed by atoms with Crippen LogP contribution in [0.4, 0.5) is 0 Å². The number of carbonyl (C=O) groups is 1. The number of β-amino-alcohol motifs (C(OH)–C–C–N with tert-alkyl or cyclic N) is 1. The molecule has 1 aliphatic heterocycles. The molecule has 1 fully saturated rings. The predicted molar refractivity (Wildman–Crippen MR) is 89.8 cm³/mol. The van der Waals surface area contributed by atoms with E-state index in [1.807, 2.05) is 37.3 Å². The van der Waals surface area contributed by atoms with Gasteiger partial charge in [-0.3, -0.25) is 4.79 Å². The lowest BCUT2D eigenvalue weighted by molar-refractivity contribution is -0.137. The van der Waals surface area contributed by atoms with Gasteiger partial charge in [-0.1, -0.05) is 30.3 Å². The molecule has 0 radical (unpaired) electrons. The fourth-order valence-electron chi connectivity index (χ4n) is 3.02. The van der Waals surface area contributed by atoms with E-state index < -0.39 is 6.10 Å². The molecule has 0 spiro atoms. The molecule has 3 rings (SSSR count). The summed E-state index contributed by atoms with van der Waals surface area (Å²) < 4.78 is 10.9. The van der Waals surface area contributed by atoms with Gasteiger partial charge in [0.2, 0.25) is 11.8 Å². The first-order valence-corrected chi connectivity index (χ1v) is 8.51. The van der Waals surface area contributed by atoms with Crippen LogP contribution in [-0.2, 0) is 4.79 Å². The molecule has 1 aliphatic rings. The van der Waals surface area contributed by atoms with Gasteiger partial charge in [-0.2, -0.15) is 4.98 Å². The lowest BCUT2D eigenvalue weighted by atomic mass is 10.1. The Labute approximate surface area is 146 Å². The molecule has 1 aromatic carbocycles. The highest BCUT2D eigenvalue weighted by atomic mass is 16.5. The Bertz CT molecular complexity index is 703. The molecule has 1 N–H and O–H groups in total. The molecule has 0 aliphatic carbocycles. The fourth-order valence-corrected chi connectivity index (χ4v) is 3.02. The van der Waals surface area contributed by atoms with Crippen molar-refractivity contribution in [2.45, 2.75) is 38.8 Å². The number of benzene rings is 1. The SMILES string of the molecule is Cc1noc([C@H]2C[C@@H](O)CN2C(=O)C(C)CCOc2ccccc2)n1. The number of carbonyl (C=O) groups excluding carboxylic acids is 1.